The van der Waals surface area contributed by atoms with Crippen LogP contribution in [0.4, 0.5) is 0 Å². The second-order valence-electron chi connectivity index (χ2n) is 3.89. The Hall–Kier alpha value is -1.20. The molecule has 2 aromatic rings. The van der Waals surface area contributed by atoms with E-state index in [1.54, 1.807) is 11.3 Å². The first-order valence-electron chi connectivity index (χ1n) is 5.05. The Morgan fingerprint density at radius 2 is 2.47 bits per heavy atom. The van der Waals surface area contributed by atoms with Crippen LogP contribution >= 0.6 is 11.3 Å². The van der Waals surface area contributed by atoms with Gasteiger partial charge in [0.15, 0.2) is 5.82 Å². The van der Waals surface area contributed by atoms with E-state index in [0.29, 0.717) is 0 Å². The fourth-order valence-electron chi connectivity index (χ4n) is 1.96. The van der Waals surface area contributed by atoms with Gasteiger partial charge in [-0.3, -0.25) is 0 Å². The zero-order chi connectivity index (χ0) is 10.3. The normalized spacial score (nSPS) is 20.2. The molecule has 0 saturated heterocycles. The van der Waals surface area contributed by atoms with E-state index in [9.17, 15) is 0 Å². The standard InChI is InChI=1S/C10H12N4S/c11-6-1-2-7-8(3-6)14-10(13-7)9-4-15-5-12-9/h4-6H,1-3,11H2,(H,13,14). The van der Waals surface area contributed by atoms with Crippen molar-refractivity contribution in [2.75, 3.05) is 0 Å². The second-order valence-corrected chi connectivity index (χ2v) is 4.61. The molecule has 0 saturated carbocycles. The molecule has 0 radical (unpaired) electrons. The number of hydrogen-bond acceptors (Lipinski definition) is 4. The SMILES string of the molecule is NC1CCc2nc(-c3cscn3)[nH]c2C1. The van der Waals surface area contributed by atoms with E-state index in [4.69, 9.17) is 5.73 Å². The molecule has 2 heterocycles. The van der Waals surface area contributed by atoms with Crippen molar-refractivity contribution in [1.82, 2.24) is 15.0 Å². The van der Waals surface area contributed by atoms with Gasteiger partial charge >= 0.3 is 0 Å². The summed E-state index contributed by atoms with van der Waals surface area (Å²) in [6.07, 6.45) is 2.93. The Kier molecular flexibility index (Phi) is 2.07. The molecule has 1 unspecified atom stereocenters. The maximum Gasteiger partial charge on any atom is 0.157 e. The largest absolute Gasteiger partial charge is 0.340 e. The summed E-state index contributed by atoms with van der Waals surface area (Å²) in [7, 11) is 0. The summed E-state index contributed by atoms with van der Waals surface area (Å²) in [6.45, 7) is 0. The molecule has 1 aliphatic rings. The van der Waals surface area contributed by atoms with Gasteiger partial charge in [0, 0.05) is 23.5 Å². The molecule has 0 fully saturated rings. The summed E-state index contributed by atoms with van der Waals surface area (Å²) in [5, 5.41) is 2.00. The lowest BCUT2D eigenvalue weighted by atomic mass is 9.97. The van der Waals surface area contributed by atoms with Crippen LogP contribution in [0.1, 0.15) is 17.8 Å². The summed E-state index contributed by atoms with van der Waals surface area (Å²) >= 11 is 1.59. The first kappa shape index (κ1) is 9.06. The van der Waals surface area contributed by atoms with Crippen molar-refractivity contribution >= 4 is 11.3 Å². The first-order valence-corrected chi connectivity index (χ1v) is 5.99. The zero-order valence-corrected chi connectivity index (χ0v) is 9.05. The molecule has 1 aliphatic carbocycles. The van der Waals surface area contributed by atoms with Gasteiger partial charge in [-0.05, 0) is 12.8 Å². The van der Waals surface area contributed by atoms with Crippen molar-refractivity contribution in [3.8, 4) is 11.5 Å². The molecule has 3 N–H and O–H groups in total. The smallest absolute Gasteiger partial charge is 0.157 e. The Balaban J connectivity index is 2.00. The molecule has 0 bridgehead atoms. The third-order valence-electron chi connectivity index (χ3n) is 2.76. The second kappa shape index (κ2) is 3.43. The number of nitrogens with zero attached hydrogens (tertiary/aromatic N) is 2. The molecule has 3 rings (SSSR count). The van der Waals surface area contributed by atoms with Crippen LogP contribution in [0.25, 0.3) is 11.5 Å². The summed E-state index contributed by atoms with van der Waals surface area (Å²) in [5.74, 6) is 0.885. The molecule has 1 atom stereocenters. The Bertz CT molecular complexity index is 460. The Morgan fingerprint density at radius 1 is 1.53 bits per heavy atom. The number of imidazole rings is 1. The zero-order valence-electron chi connectivity index (χ0n) is 8.23. The minimum Gasteiger partial charge on any atom is -0.340 e. The maximum atomic E-state index is 5.92. The molecule has 0 aliphatic heterocycles. The van der Waals surface area contributed by atoms with Crippen LogP contribution in [0, 0.1) is 0 Å². The van der Waals surface area contributed by atoms with Gasteiger partial charge in [-0.25, -0.2) is 9.97 Å². The van der Waals surface area contributed by atoms with E-state index < -0.39 is 0 Å². The Morgan fingerprint density at radius 3 is 3.27 bits per heavy atom. The van der Waals surface area contributed by atoms with Gasteiger partial charge in [-0.2, -0.15) is 0 Å². The Labute approximate surface area is 91.6 Å². The van der Waals surface area contributed by atoms with E-state index >= 15 is 0 Å². The molecule has 78 valence electrons. The van der Waals surface area contributed by atoms with Crippen LogP contribution in [0.3, 0.4) is 0 Å². The third-order valence-corrected chi connectivity index (χ3v) is 3.34. The summed E-state index contributed by atoms with van der Waals surface area (Å²) in [5.41, 5.74) is 11.0. The first-order chi connectivity index (χ1) is 7.33. The highest BCUT2D eigenvalue weighted by atomic mass is 32.1. The van der Waals surface area contributed by atoms with Crippen molar-refractivity contribution in [2.45, 2.75) is 25.3 Å². The lowest BCUT2D eigenvalue weighted by Crippen LogP contribution is -2.27. The minimum atomic E-state index is 0.279. The van der Waals surface area contributed by atoms with E-state index in [-0.39, 0.29) is 6.04 Å². The number of H-pyrrole nitrogens is 1. The number of hydrogen-bond donors (Lipinski definition) is 2. The molecule has 4 nitrogen and oxygen atoms in total. The maximum absolute atomic E-state index is 5.92. The average Bonchev–Trinajstić information content (AvgIpc) is 2.84. The fourth-order valence-corrected chi connectivity index (χ4v) is 2.49. The number of nitrogens with two attached hydrogens (primary N) is 1. The van der Waals surface area contributed by atoms with E-state index in [0.717, 1.165) is 30.8 Å². The number of aryl methyl sites for hydroxylation is 1. The van der Waals surface area contributed by atoms with Gasteiger partial charge in [-0.1, -0.05) is 0 Å². The highest BCUT2D eigenvalue weighted by molar-refractivity contribution is 7.07. The fraction of sp³-hybridized carbons (Fsp3) is 0.400. The predicted octanol–water partition coefficient (Wildman–Crippen LogP) is 1.35. The summed E-state index contributed by atoms with van der Waals surface area (Å²) in [6, 6.07) is 0.279. The van der Waals surface area contributed by atoms with Gasteiger partial charge in [0.1, 0.15) is 5.69 Å². The topological polar surface area (TPSA) is 67.6 Å². The summed E-state index contributed by atoms with van der Waals surface area (Å²) < 4.78 is 0. The van der Waals surface area contributed by atoms with E-state index in [2.05, 4.69) is 15.0 Å². The van der Waals surface area contributed by atoms with Gasteiger partial charge in [0.05, 0.1) is 11.2 Å². The lowest BCUT2D eigenvalue weighted by molar-refractivity contribution is 0.565. The van der Waals surface area contributed by atoms with E-state index in [1.807, 2.05) is 10.9 Å². The van der Waals surface area contributed by atoms with Crippen LogP contribution in [0.2, 0.25) is 0 Å². The van der Waals surface area contributed by atoms with Gasteiger partial charge in [0.25, 0.3) is 0 Å². The highest BCUT2D eigenvalue weighted by Gasteiger charge is 2.20. The summed E-state index contributed by atoms with van der Waals surface area (Å²) in [4.78, 5) is 12.1. The average molecular weight is 220 g/mol. The van der Waals surface area contributed by atoms with Crippen molar-refractivity contribution in [1.29, 1.82) is 0 Å². The van der Waals surface area contributed by atoms with Crippen molar-refractivity contribution in [2.24, 2.45) is 5.73 Å². The monoisotopic (exact) mass is 220 g/mol. The molecule has 0 aromatic carbocycles. The van der Waals surface area contributed by atoms with Crippen molar-refractivity contribution in [3.63, 3.8) is 0 Å². The minimum absolute atomic E-state index is 0.279. The number of fused-ring (bicyclic) bond motifs is 1. The molecule has 15 heavy (non-hydrogen) atoms. The predicted molar refractivity (Wildman–Crippen MR) is 59.7 cm³/mol. The van der Waals surface area contributed by atoms with Crippen molar-refractivity contribution in [3.05, 3.63) is 22.3 Å². The van der Waals surface area contributed by atoms with Crippen LogP contribution < -0.4 is 5.73 Å². The highest BCUT2D eigenvalue weighted by Crippen LogP contribution is 2.23. The molecule has 5 heteroatoms. The van der Waals surface area contributed by atoms with Crippen LogP contribution in [-0.4, -0.2) is 21.0 Å². The van der Waals surface area contributed by atoms with Crippen LogP contribution in [0.5, 0.6) is 0 Å². The van der Waals surface area contributed by atoms with Gasteiger partial charge < -0.3 is 10.7 Å². The number of aromatic amines is 1. The van der Waals surface area contributed by atoms with E-state index in [1.165, 1.54) is 11.4 Å². The molecule has 2 aromatic heterocycles. The quantitative estimate of drug-likeness (QED) is 0.762. The molecule has 0 amide bonds. The van der Waals surface area contributed by atoms with Gasteiger partial charge in [0.2, 0.25) is 0 Å². The third kappa shape index (κ3) is 1.57. The number of rotatable bonds is 1. The molecular weight excluding hydrogens is 208 g/mol. The van der Waals surface area contributed by atoms with Crippen molar-refractivity contribution < 1.29 is 0 Å². The number of nitrogens with one attached hydrogen (secondary N) is 1. The number of thiazole rings is 1. The van der Waals surface area contributed by atoms with Crippen LogP contribution in [0.15, 0.2) is 10.9 Å². The lowest BCUT2D eigenvalue weighted by Gasteiger charge is -2.15. The number of aromatic nitrogens is 3. The molecular formula is C10H12N4S. The molecule has 0 spiro atoms. The van der Waals surface area contributed by atoms with Gasteiger partial charge in [-0.15, -0.1) is 11.3 Å². The van der Waals surface area contributed by atoms with Crippen LogP contribution in [-0.2, 0) is 12.8 Å².